The number of benzene rings is 1. The molecule has 4 heteroatoms. The number of anilines is 1. The minimum Gasteiger partial charge on any atom is -0.320 e. The van der Waals surface area contributed by atoms with Crippen molar-refractivity contribution in [3.63, 3.8) is 0 Å². The van der Waals surface area contributed by atoms with Gasteiger partial charge in [-0.3, -0.25) is 4.79 Å². The lowest BCUT2D eigenvalue weighted by Crippen LogP contribution is -2.15. The first-order valence-electron chi connectivity index (χ1n) is 5.73. The van der Waals surface area contributed by atoms with Gasteiger partial charge in [0, 0.05) is 11.9 Å². The van der Waals surface area contributed by atoms with E-state index >= 15 is 0 Å². The summed E-state index contributed by atoms with van der Waals surface area (Å²) in [6, 6.07) is 5.68. The lowest BCUT2D eigenvalue weighted by atomic mass is 10.1. The fourth-order valence-corrected chi connectivity index (χ4v) is 1.98. The van der Waals surface area contributed by atoms with Crippen molar-refractivity contribution in [2.24, 2.45) is 0 Å². The van der Waals surface area contributed by atoms with Gasteiger partial charge in [-0.05, 0) is 38.0 Å². The number of amides is 1. The van der Waals surface area contributed by atoms with Crippen molar-refractivity contribution in [1.29, 1.82) is 0 Å². The Morgan fingerprint density at radius 3 is 2.39 bits per heavy atom. The molecule has 1 amide bonds. The summed E-state index contributed by atoms with van der Waals surface area (Å²) >= 11 is 0. The average molecular weight is 241 g/mol. The van der Waals surface area contributed by atoms with Crippen LogP contribution in [0.2, 0.25) is 0 Å². The summed E-state index contributed by atoms with van der Waals surface area (Å²) in [6.45, 7) is 6.00. The maximum atomic E-state index is 12.0. The van der Waals surface area contributed by atoms with E-state index in [0.717, 1.165) is 16.8 Å². The molecule has 2 aromatic rings. The molecule has 92 valence electrons. The van der Waals surface area contributed by atoms with E-state index in [1.807, 2.05) is 32.9 Å². The largest absolute Gasteiger partial charge is 0.320 e. The van der Waals surface area contributed by atoms with Crippen LogP contribution in [-0.4, -0.2) is 15.9 Å². The minimum atomic E-state index is -0.215. The third kappa shape index (κ3) is 2.53. The highest BCUT2D eigenvalue weighted by Crippen LogP contribution is 2.22. The van der Waals surface area contributed by atoms with Crippen LogP contribution in [0.3, 0.4) is 0 Å². The molecule has 1 aromatic carbocycles. The molecule has 0 fully saturated rings. The van der Waals surface area contributed by atoms with E-state index in [0.29, 0.717) is 5.69 Å². The number of nitrogens with zero attached hydrogens (tertiary/aromatic N) is 2. The first kappa shape index (κ1) is 12.2. The fraction of sp³-hybridized carbons (Fsp3) is 0.214. The van der Waals surface area contributed by atoms with Crippen LogP contribution in [0.15, 0.2) is 30.7 Å². The van der Waals surface area contributed by atoms with Crippen molar-refractivity contribution >= 4 is 11.6 Å². The number of aromatic nitrogens is 2. The maximum absolute atomic E-state index is 12.0. The molecule has 0 aliphatic carbocycles. The summed E-state index contributed by atoms with van der Waals surface area (Å²) in [6.07, 6.45) is 2.92. The van der Waals surface area contributed by atoms with Crippen LogP contribution < -0.4 is 5.32 Å². The molecule has 0 saturated heterocycles. The second-order valence-electron chi connectivity index (χ2n) is 4.32. The number of nitrogens with one attached hydrogen (secondary N) is 1. The summed E-state index contributed by atoms with van der Waals surface area (Å²) in [5.41, 5.74) is 4.50. The van der Waals surface area contributed by atoms with Crippen molar-refractivity contribution < 1.29 is 4.79 Å². The Labute approximate surface area is 106 Å². The predicted octanol–water partition coefficient (Wildman–Crippen LogP) is 2.65. The topological polar surface area (TPSA) is 54.9 Å². The molecule has 1 heterocycles. The van der Waals surface area contributed by atoms with E-state index in [1.165, 1.54) is 11.9 Å². The Bertz CT molecular complexity index is 556. The quantitative estimate of drug-likeness (QED) is 0.879. The number of carbonyl (C=O) groups excluding carboxylic acids is 1. The van der Waals surface area contributed by atoms with Gasteiger partial charge in [-0.15, -0.1) is 0 Å². The molecule has 0 aliphatic rings. The second kappa shape index (κ2) is 4.96. The van der Waals surface area contributed by atoms with E-state index in [4.69, 9.17) is 0 Å². The highest BCUT2D eigenvalue weighted by molar-refractivity contribution is 6.03. The zero-order valence-electron chi connectivity index (χ0n) is 10.7. The second-order valence-corrected chi connectivity index (χ2v) is 4.32. The summed E-state index contributed by atoms with van der Waals surface area (Å²) < 4.78 is 0. The lowest BCUT2D eigenvalue weighted by molar-refractivity contribution is 0.102. The van der Waals surface area contributed by atoms with Gasteiger partial charge >= 0.3 is 0 Å². The van der Waals surface area contributed by atoms with Crippen LogP contribution in [0.5, 0.6) is 0 Å². The minimum absolute atomic E-state index is 0.215. The van der Waals surface area contributed by atoms with Gasteiger partial charge in [0.15, 0.2) is 0 Å². The van der Waals surface area contributed by atoms with Crippen molar-refractivity contribution in [2.45, 2.75) is 20.8 Å². The summed E-state index contributed by atoms with van der Waals surface area (Å²) in [4.78, 5) is 19.7. The normalized spacial score (nSPS) is 10.2. The number of rotatable bonds is 2. The van der Waals surface area contributed by atoms with Gasteiger partial charge in [0.1, 0.15) is 12.0 Å². The zero-order valence-corrected chi connectivity index (χ0v) is 10.7. The van der Waals surface area contributed by atoms with Crippen molar-refractivity contribution in [3.05, 3.63) is 53.1 Å². The fourth-order valence-electron chi connectivity index (χ4n) is 1.98. The highest BCUT2D eigenvalue weighted by atomic mass is 16.1. The molecule has 1 aromatic heterocycles. The van der Waals surface area contributed by atoms with Crippen LogP contribution in [0, 0.1) is 20.8 Å². The van der Waals surface area contributed by atoms with E-state index < -0.39 is 0 Å². The highest BCUT2D eigenvalue weighted by Gasteiger charge is 2.10. The molecular weight excluding hydrogens is 226 g/mol. The van der Waals surface area contributed by atoms with E-state index in [9.17, 15) is 4.79 Å². The molecule has 2 rings (SSSR count). The van der Waals surface area contributed by atoms with Crippen molar-refractivity contribution in [2.75, 3.05) is 5.32 Å². The number of carbonyl (C=O) groups is 1. The third-order valence-electron chi connectivity index (χ3n) is 2.73. The predicted molar refractivity (Wildman–Crippen MR) is 70.6 cm³/mol. The molecule has 0 bridgehead atoms. The summed E-state index contributed by atoms with van der Waals surface area (Å²) in [5.74, 6) is -0.215. The summed E-state index contributed by atoms with van der Waals surface area (Å²) in [7, 11) is 0. The number of aryl methyl sites for hydroxylation is 3. The molecule has 0 atom stereocenters. The van der Waals surface area contributed by atoms with E-state index in [2.05, 4.69) is 15.3 Å². The van der Waals surface area contributed by atoms with Gasteiger partial charge in [0.25, 0.3) is 5.91 Å². The van der Waals surface area contributed by atoms with Crippen LogP contribution >= 0.6 is 0 Å². The molecule has 1 N–H and O–H groups in total. The first-order valence-corrected chi connectivity index (χ1v) is 5.73. The van der Waals surface area contributed by atoms with Gasteiger partial charge in [0.2, 0.25) is 0 Å². The van der Waals surface area contributed by atoms with Crippen LogP contribution in [-0.2, 0) is 0 Å². The molecule has 18 heavy (non-hydrogen) atoms. The average Bonchev–Trinajstić information content (AvgIpc) is 2.34. The van der Waals surface area contributed by atoms with Crippen LogP contribution in [0.4, 0.5) is 5.69 Å². The Balaban J connectivity index is 2.28. The monoisotopic (exact) mass is 241 g/mol. The number of hydrogen-bond donors (Lipinski definition) is 1. The number of hydrogen-bond acceptors (Lipinski definition) is 3. The standard InChI is InChI=1S/C14H15N3O/c1-9-6-10(2)13(11(3)7-9)17-14(18)12-4-5-15-8-16-12/h4-8H,1-3H3,(H,17,18). The van der Waals surface area contributed by atoms with Gasteiger partial charge in [0.05, 0.1) is 0 Å². The molecule has 0 spiro atoms. The third-order valence-corrected chi connectivity index (χ3v) is 2.73. The molecule has 4 nitrogen and oxygen atoms in total. The molecule has 0 radical (unpaired) electrons. The van der Waals surface area contributed by atoms with Crippen LogP contribution in [0.1, 0.15) is 27.2 Å². The van der Waals surface area contributed by atoms with Gasteiger partial charge in [-0.25, -0.2) is 9.97 Å². The molecule has 0 aliphatic heterocycles. The Morgan fingerprint density at radius 1 is 1.17 bits per heavy atom. The Kier molecular flexibility index (Phi) is 3.37. The maximum Gasteiger partial charge on any atom is 0.274 e. The van der Waals surface area contributed by atoms with E-state index in [1.54, 1.807) is 12.3 Å². The summed E-state index contributed by atoms with van der Waals surface area (Å²) in [5, 5.41) is 2.89. The van der Waals surface area contributed by atoms with Crippen molar-refractivity contribution in [1.82, 2.24) is 9.97 Å². The zero-order chi connectivity index (χ0) is 13.1. The first-order chi connectivity index (χ1) is 8.58. The van der Waals surface area contributed by atoms with Crippen molar-refractivity contribution in [3.8, 4) is 0 Å². The SMILES string of the molecule is Cc1cc(C)c(NC(=O)c2ccncn2)c(C)c1. The smallest absolute Gasteiger partial charge is 0.274 e. The van der Waals surface area contributed by atoms with Gasteiger partial charge in [-0.1, -0.05) is 17.7 Å². The lowest BCUT2D eigenvalue weighted by Gasteiger charge is -2.12. The molecular formula is C14H15N3O. The van der Waals surface area contributed by atoms with E-state index in [-0.39, 0.29) is 5.91 Å². The van der Waals surface area contributed by atoms with Gasteiger partial charge in [-0.2, -0.15) is 0 Å². The molecule has 0 saturated carbocycles. The Hall–Kier alpha value is -2.23. The van der Waals surface area contributed by atoms with Crippen LogP contribution in [0.25, 0.3) is 0 Å². The Morgan fingerprint density at radius 2 is 1.83 bits per heavy atom. The molecule has 0 unspecified atom stereocenters. The van der Waals surface area contributed by atoms with Gasteiger partial charge < -0.3 is 5.32 Å².